The van der Waals surface area contributed by atoms with Crippen molar-refractivity contribution >= 4 is 0 Å². The Morgan fingerprint density at radius 3 is 2.67 bits per heavy atom. The first-order valence-corrected chi connectivity index (χ1v) is 6.67. The Hall–Kier alpha value is -1.22. The highest BCUT2D eigenvalue weighted by Gasteiger charge is 2.19. The predicted molar refractivity (Wildman–Crippen MR) is 73.4 cm³/mol. The SMILES string of the molecule is COc1ccc(OC)c(CC2CCC(C)CN2)c1. The van der Waals surface area contributed by atoms with Crippen molar-refractivity contribution in [3.05, 3.63) is 23.8 Å². The minimum absolute atomic E-state index is 0.558. The average molecular weight is 249 g/mol. The van der Waals surface area contributed by atoms with Crippen molar-refractivity contribution in [3.63, 3.8) is 0 Å². The molecule has 1 fully saturated rings. The summed E-state index contributed by atoms with van der Waals surface area (Å²) in [5, 5.41) is 3.61. The number of rotatable bonds is 4. The van der Waals surface area contributed by atoms with Crippen LogP contribution >= 0.6 is 0 Å². The number of hydrogen-bond donors (Lipinski definition) is 1. The summed E-state index contributed by atoms with van der Waals surface area (Å²) in [6.45, 7) is 3.42. The van der Waals surface area contributed by atoms with E-state index in [1.165, 1.54) is 18.4 Å². The van der Waals surface area contributed by atoms with Gasteiger partial charge in [-0.25, -0.2) is 0 Å². The minimum Gasteiger partial charge on any atom is -0.497 e. The Morgan fingerprint density at radius 1 is 1.22 bits per heavy atom. The first-order chi connectivity index (χ1) is 8.72. The summed E-state index contributed by atoms with van der Waals surface area (Å²) in [6.07, 6.45) is 3.55. The largest absolute Gasteiger partial charge is 0.497 e. The normalized spacial score (nSPS) is 23.7. The summed E-state index contributed by atoms with van der Waals surface area (Å²) >= 11 is 0. The van der Waals surface area contributed by atoms with Gasteiger partial charge in [0.15, 0.2) is 0 Å². The maximum absolute atomic E-state index is 5.42. The summed E-state index contributed by atoms with van der Waals surface area (Å²) in [4.78, 5) is 0. The molecule has 0 aliphatic carbocycles. The minimum atomic E-state index is 0.558. The lowest BCUT2D eigenvalue weighted by Crippen LogP contribution is -2.39. The highest BCUT2D eigenvalue weighted by Crippen LogP contribution is 2.27. The zero-order valence-corrected chi connectivity index (χ0v) is 11.5. The molecule has 0 amide bonds. The molecule has 0 bridgehead atoms. The molecule has 1 aromatic rings. The third-order valence-corrected chi connectivity index (χ3v) is 3.72. The van der Waals surface area contributed by atoms with Crippen LogP contribution in [0.5, 0.6) is 11.5 Å². The fourth-order valence-corrected chi connectivity index (χ4v) is 2.54. The topological polar surface area (TPSA) is 30.5 Å². The molecule has 1 heterocycles. The van der Waals surface area contributed by atoms with E-state index < -0.39 is 0 Å². The molecule has 3 heteroatoms. The summed E-state index contributed by atoms with van der Waals surface area (Å²) < 4.78 is 10.7. The molecule has 18 heavy (non-hydrogen) atoms. The lowest BCUT2D eigenvalue weighted by molar-refractivity contribution is 0.322. The van der Waals surface area contributed by atoms with Gasteiger partial charge in [-0.1, -0.05) is 6.92 Å². The van der Waals surface area contributed by atoms with E-state index in [1.54, 1.807) is 14.2 Å². The Balaban J connectivity index is 2.07. The molecule has 2 rings (SSSR count). The van der Waals surface area contributed by atoms with E-state index in [2.05, 4.69) is 18.3 Å². The van der Waals surface area contributed by atoms with Crippen molar-refractivity contribution in [1.29, 1.82) is 0 Å². The van der Waals surface area contributed by atoms with Crippen LogP contribution in [-0.4, -0.2) is 26.8 Å². The van der Waals surface area contributed by atoms with Crippen LogP contribution in [0.15, 0.2) is 18.2 Å². The Bertz CT molecular complexity index is 384. The number of ether oxygens (including phenoxy) is 2. The van der Waals surface area contributed by atoms with Crippen molar-refractivity contribution in [1.82, 2.24) is 5.32 Å². The molecule has 1 aromatic carbocycles. The second kappa shape index (κ2) is 6.10. The van der Waals surface area contributed by atoms with Gasteiger partial charge in [-0.05, 0) is 55.5 Å². The van der Waals surface area contributed by atoms with E-state index in [0.29, 0.717) is 6.04 Å². The molecule has 100 valence electrons. The van der Waals surface area contributed by atoms with Gasteiger partial charge in [-0.3, -0.25) is 0 Å². The number of methoxy groups -OCH3 is 2. The molecular weight excluding hydrogens is 226 g/mol. The molecule has 2 atom stereocenters. The van der Waals surface area contributed by atoms with Crippen LogP contribution in [0.1, 0.15) is 25.3 Å². The lowest BCUT2D eigenvalue weighted by atomic mass is 9.92. The fraction of sp³-hybridized carbons (Fsp3) is 0.600. The van der Waals surface area contributed by atoms with Crippen LogP contribution in [0.4, 0.5) is 0 Å². The van der Waals surface area contributed by atoms with Crippen molar-refractivity contribution in [3.8, 4) is 11.5 Å². The third-order valence-electron chi connectivity index (χ3n) is 3.72. The smallest absolute Gasteiger partial charge is 0.122 e. The molecular formula is C15H23NO2. The fourth-order valence-electron chi connectivity index (χ4n) is 2.54. The third kappa shape index (κ3) is 3.16. The van der Waals surface area contributed by atoms with Gasteiger partial charge in [-0.15, -0.1) is 0 Å². The van der Waals surface area contributed by atoms with Crippen LogP contribution in [0, 0.1) is 5.92 Å². The quantitative estimate of drug-likeness (QED) is 0.890. The molecule has 1 N–H and O–H groups in total. The maximum Gasteiger partial charge on any atom is 0.122 e. The Kier molecular flexibility index (Phi) is 4.48. The highest BCUT2D eigenvalue weighted by atomic mass is 16.5. The van der Waals surface area contributed by atoms with E-state index in [0.717, 1.165) is 30.4 Å². The molecule has 3 nitrogen and oxygen atoms in total. The first kappa shape index (κ1) is 13.2. The molecule has 1 aliphatic heterocycles. The van der Waals surface area contributed by atoms with Gasteiger partial charge in [0.1, 0.15) is 11.5 Å². The highest BCUT2D eigenvalue weighted by molar-refractivity contribution is 5.40. The van der Waals surface area contributed by atoms with E-state index in [9.17, 15) is 0 Å². The maximum atomic E-state index is 5.42. The monoisotopic (exact) mass is 249 g/mol. The predicted octanol–water partition coefficient (Wildman–Crippen LogP) is 2.63. The van der Waals surface area contributed by atoms with Crippen LogP contribution in [0.3, 0.4) is 0 Å². The number of nitrogens with one attached hydrogen (secondary N) is 1. The van der Waals surface area contributed by atoms with E-state index >= 15 is 0 Å². The first-order valence-electron chi connectivity index (χ1n) is 6.67. The number of piperidine rings is 1. The van der Waals surface area contributed by atoms with Crippen LogP contribution in [-0.2, 0) is 6.42 Å². The zero-order valence-electron chi connectivity index (χ0n) is 11.5. The Morgan fingerprint density at radius 2 is 2.06 bits per heavy atom. The average Bonchev–Trinajstić information content (AvgIpc) is 2.41. The van der Waals surface area contributed by atoms with Gasteiger partial charge >= 0.3 is 0 Å². The summed E-state index contributed by atoms with van der Waals surface area (Å²) in [7, 11) is 3.42. The van der Waals surface area contributed by atoms with Crippen molar-refractivity contribution in [2.75, 3.05) is 20.8 Å². The van der Waals surface area contributed by atoms with Crippen LogP contribution in [0.2, 0.25) is 0 Å². The van der Waals surface area contributed by atoms with Crippen LogP contribution < -0.4 is 14.8 Å². The molecule has 0 spiro atoms. The van der Waals surface area contributed by atoms with Gasteiger partial charge in [0, 0.05) is 6.04 Å². The molecule has 1 aliphatic rings. The van der Waals surface area contributed by atoms with E-state index in [-0.39, 0.29) is 0 Å². The zero-order chi connectivity index (χ0) is 13.0. The molecule has 2 unspecified atom stereocenters. The molecule has 0 aromatic heterocycles. The molecule has 0 saturated carbocycles. The van der Waals surface area contributed by atoms with Crippen molar-refractivity contribution < 1.29 is 9.47 Å². The molecule has 1 saturated heterocycles. The van der Waals surface area contributed by atoms with Gasteiger partial charge in [0.25, 0.3) is 0 Å². The molecule has 0 radical (unpaired) electrons. The van der Waals surface area contributed by atoms with E-state index in [4.69, 9.17) is 9.47 Å². The van der Waals surface area contributed by atoms with Crippen molar-refractivity contribution in [2.45, 2.75) is 32.2 Å². The van der Waals surface area contributed by atoms with Gasteiger partial charge in [0.2, 0.25) is 0 Å². The van der Waals surface area contributed by atoms with Crippen molar-refractivity contribution in [2.24, 2.45) is 5.92 Å². The summed E-state index contributed by atoms with van der Waals surface area (Å²) in [5.41, 5.74) is 1.23. The second-order valence-corrected chi connectivity index (χ2v) is 5.17. The van der Waals surface area contributed by atoms with Gasteiger partial charge < -0.3 is 14.8 Å². The number of hydrogen-bond acceptors (Lipinski definition) is 3. The lowest BCUT2D eigenvalue weighted by Gasteiger charge is -2.28. The van der Waals surface area contributed by atoms with Gasteiger partial charge in [0.05, 0.1) is 14.2 Å². The standard InChI is InChI=1S/C15H23NO2/c1-11-4-5-13(16-10-11)8-12-9-14(17-2)6-7-15(12)18-3/h6-7,9,11,13,16H,4-5,8,10H2,1-3H3. The second-order valence-electron chi connectivity index (χ2n) is 5.17. The van der Waals surface area contributed by atoms with Gasteiger partial charge in [-0.2, -0.15) is 0 Å². The summed E-state index contributed by atoms with van der Waals surface area (Å²) in [6, 6.07) is 6.57. The van der Waals surface area contributed by atoms with Crippen LogP contribution in [0.25, 0.3) is 0 Å². The Labute approximate surface area is 109 Å². The summed E-state index contributed by atoms with van der Waals surface area (Å²) in [5.74, 6) is 2.65. The van der Waals surface area contributed by atoms with E-state index in [1.807, 2.05) is 12.1 Å². The number of benzene rings is 1.